The number of pyridine rings is 1. The van der Waals surface area contributed by atoms with Gasteiger partial charge in [-0.05, 0) is 61.4 Å². The van der Waals surface area contributed by atoms with Crippen LogP contribution in [0.25, 0.3) is 0 Å². The number of anilines is 1. The summed E-state index contributed by atoms with van der Waals surface area (Å²) in [6, 6.07) is 23.0. The summed E-state index contributed by atoms with van der Waals surface area (Å²) in [4.78, 5) is 36.8. The molecule has 2 N–H and O–H groups in total. The number of benzene rings is 2. The van der Waals surface area contributed by atoms with Gasteiger partial charge in [-0.2, -0.15) is 0 Å². The van der Waals surface area contributed by atoms with Gasteiger partial charge in [0.25, 0.3) is 5.56 Å². The zero-order valence-corrected chi connectivity index (χ0v) is 19.0. The highest BCUT2D eigenvalue weighted by molar-refractivity contribution is 5.94. The first-order valence-electron chi connectivity index (χ1n) is 12.0. The summed E-state index contributed by atoms with van der Waals surface area (Å²) >= 11 is 0. The van der Waals surface area contributed by atoms with Crippen molar-refractivity contribution in [2.45, 2.75) is 56.1 Å². The van der Waals surface area contributed by atoms with E-state index in [9.17, 15) is 14.4 Å². The number of nitrogens with one attached hydrogen (secondary N) is 2. The van der Waals surface area contributed by atoms with Crippen LogP contribution in [0.1, 0.15) is 48.0 Å². The van der Waals surface area contributed by atoms with Gasteiger partial charge < -0.3 is 20.0 Å². The molecule has 0 unspecified atom stereocenters. The normalized spacial score (nSPS) is 22.2. The van der Waals surface area contributed by atoms with Crippen LogP contribution in [-0.4, -0.2) is 28.8 Å². The molecule has 4 atom stereocenters. The van der Waals surface area contributed by atoms with E-state index in [0.29, 0.717) is 12.5 Å². The van der Waals surface area contributed by atoms with Crippen molar-refractivity contribution >= 4 is 17.9 Å². The lowest BCUT2D eigenvalue weighted by atomic mass is 9.92. The molecule has 0 aliphatic carbocycles. The van der Waals surface area contributed by atoms with E-state index in [1.54, 1.807) is 10.6 Å². The summed E-state index contributed by atoms with van der Waals surface area (Å²) in [6.07, 6.45) is 5.30. The summed E-state index contributed by atoms with van der Waals surface area (Å²) in [6.45, 7) is 0. The second-order valence-corrected chi connectivity index (χ2v) is 9.29. The predicted molar refractivity (Wildman–Crippen MR) is 132 cm³/mol. The third-order valence-corrected chi connectivity index (χ3v) is 7.11. The van der Waals surface area contributed by atoms with Crippen molar-refractivity contribution in [2.24, 2.45) is 0 Å². The maximum atomic E-state index is 12.8. The lowest BCUT2D eigenvalue weighted by Gasteiger charge is -2.20. The van der Waals surface area contributed by atoms with Crippen molar-refractivity contribution < 1.29 is 9.59 Å². The minimum atomic E-state index is -0.460. The quantitative estimate of drug-likeness (QED) is 0.534. The molecule has 6 heteroatoms. The number of amides is 1. The van der Waals surface area contributed by atoms with E-state index in [2.05, 4.69) is 10.6 Å². The first kappa shape index (κ1) is 22.3. The second kappa shape index (κ2) is 9.77. The highest BCUT2D eigenvalue weighted by Gasteiger charge is 2.31. The number of fused-ring (bicyclic) bond motifs is 1. The zero-order chi connectivity index (χ0) is 23.5. The van der Waals surface area contributed by atoms with Crippen molar-refractivity contribution in [3.8, 4) is 0 Å². The molecule has 0 saturated carbocycles. The number of rotatable bonds is 7. The lowest BCUT2D eigenvalue weighted by molar-refractivity contribution is -0.119. The fourth-order valence-corrected chi connectivity index (χ4v) is 5.37. The maximum Gasteiger partial charge on any atom is 0.251 e. The molecule has 2 aromatic carbocycles. The van der Waals surface area contributed by atoms with E-state index < -0.39 is 6.04 Å². The van der Waals surface area contributed by atoms with Gasteiger partial charge in [0.2, 0.25) is 5.91 Å². The number of carbonyl (C=O) groups is 2. The minimum absolute atomic E-state index is 0.128. The van der Waals surface area contributed by atoms with Crippen LogP contribution < -0.4 is 16.2 Å². The van der Waals surface area contributed by atoms with Gasteiger partial charge in [-0.15, -0.1) is 0 Å². The third kappa shape index (κ3) is 4.59. The van der Waals surface area contributed by atoms with Crippen LogP contribution in [0, 0.1) is 0 Å². The van der Waals surface area contributed by atoms with E-state index in [4.69, 9.17) is 0 Å². The number of aryl methyl sites for hydroxylation is 1. The standard InChI is InChI=1S/C28H29N3O3/c32-18-24(20-5-2-1-3-6-20)25-15-13-22(29-25)17-19-9-11-21(12-10-19)30-28(34)26-16-14-23-7-4-8-27(33)31(23)26/h1-12,18,22,24-26,29H,13-17H2,(H,30,34)/t22-,24+,25+,26-/m0/s1. The molecule has 1 saturated heterocycles. The number of aromatic nitrogens is 1. The van der Waals surface area contributed by atoms with Gasteiger partial charge in [0.05, 0.1) is 5.92 Å². The van der Waals surface area contributed by atoms with Gasteiger partial charge >= 0.3 is 0 Å². The topological polar surface area (TPSA) is 80.2 Å². The number of aldehydes is 1. The lowest BCUT2D eigenvalue weighted by Crippen LogP contribution is -2.35. The second-order valence-electron chi connectivity index (χ2n) is 9.29. The van der Waals surface area contributed by atoms with Gasteiger partial charge in [-0.1, -0.05) is 48.5 Å². The molecule has 1 fully saturated rings. The van der Waals surface area contributed by atoms with Crippen molar-refractivity contribution in [1.82, 2.24) is 9.88 Å². The average Bonchev–Trinajstić information content (AvgIpc) is 3.50. The van der Waals surface area contributed by atoms with E-state index >= 15 is 0 Å². The molecule has 5 rings (SSSR count). The Bertz CT molecular complexity index is 1220. The molecular weight excluding hydrogens is 426 g/mol. The first-order valence-corrected chi connectivity index (χ1v) is 12.0. The van der Waals surface area contributed by atoms with Crippen LogP contribution in [-0.2, 0) is 22.4 Å². The summed E-state index contributed by atoms with van der Waals surface area (Å²) in [7, 11) is 0. The van der Waals surface area contributed by atoms with E-state index in [0.717, 1.165) is 48.9 Å². The summed E-state index contributed by atoms with van der Waals surface area (Å²) < 4.78 is 1.61. The molecule has 2 aliphatic heterocycles. The Labute approximate surface area is 199 Å². The summed E-state index contributed by atoms with van der Waals surface area (Å²) in [5, 5.41) is 6.62. The Morgan fingerprint density at radius 2 is 1.79 bits per heavy atom. The van der Waals surface area contributed by atoms with Gasteiger partial charge in [0.1, 0.15) is 12.3 Å². The fourth-order valence-electron chi connectivity index (χ4n) is 5.37. The monoisotopic (exact) mass is 455 g/mol. The molecule has 1 amide bonds. The van der Waals surface area contributed by atoms with Crippen LogP contribution in [0.3, 0.4) is 0 Å². The highest BCUT2D eigenvalue weighted by Crippen LogP contribution is 2.28. The first-order chi connectivity index (χ1) is 16.6. The van der Waals surface area contributed by atoms with Crippen LogP contribution >= 0.6 is 0 Å². The van der Waals surface area contributed by atoms with Crippen LogP contribution in [0.5, 0.6) is 0 Å². The molecule has 0 radical (unpaired) electrons. The molecule has 6 nitrogen and oxygen atoms in total. The number of hydrogen-bond donors (Lipinski definition) is 2. The number of nitrogens with zero attached hydrogens (tertiary/aromatic N) is 1. The van der Waals surface area contributed by atoms with Crippen molar-refractivity contribution in [3.05, 3.63) is 100.0 Å². The molecule has 3 heterocycles. The van der Waals surface area contributed by atoms with Gasteiger partial charge in [-0.25, -0.2) is 0 Å². The van der Waals surface area contributed by atoms with E-state index in [1.165, 1.54) is 11.6 Å². The van der Waals surface area contributed by atoms with E-state index in [1.807, 2.05) is 60.7 Å². The molecule has 1 aromatic heterocycles. The van der Waals surface area contributed by atoms with Crippen molar-refractivity contribution in [3.63, 3.8) is 0 Å². The number of carbonyl (C=O) groups excluding carboxylic acids is 2. The smallest absolute Gasteiger partial charge is 0.251 e. The van der Waals surface area contributed by atoms with Crippen LogP contribution in [0.2, 0.25) is 0 Å². The van der Waals surface area contributed by atoms with Crippen LogP contribution in [0.15, 0.2) is 77.6 Å². The largest absolute Gasteiger partial charge is 0.324 e. The van der Waals surface area contributed by atoms with Crippen molar-refractivity contribution in [1.29, 1.82) is 0 Å². The maximum absolute atomic E-state index is 12.8. The minimum Gasteiger partial charge on any atom is -0.324 e. The average molecular weight is 456 g/mol. The van der Waals surface area contributed by atoms with E-state index in [-0.39, 0.29) is 23.4 Å². The third-order valence-electron chi connectivity index (χ3n) is 7.11. The number of hydrogen-bond acceptors (Lipinski definition) is 4. The summed E-state index contributed by atoms with van der Waals surface area (Å²) in [5.74, 6) is -0.280. The van der Waals surface area contributed by atoms with Gasteiger partial charge in [0, 0.05) is 29.5 Å². The Balaban J connectivity index is 1.18. The molecule has 0 spiro atoms. The Morgan fingerprint density at radius 3 is 2.56 bits per heavy atom. The zero-order valence-electron chi connectivity index (χ0n) is 19.0. The fraction of sp³-hybridized carbons (Fsp3) is 0.321. The Kier molecular flexibility index (Phi) is 6.41. The SMILES string of the molecule is O=C[C@H](c1ccccc1)[C@H]1CC[C@@H](Cc2ccc(NC(=O)[C@@H]3CCc4cccc(=O)n43)cc2)N1. The Morgan fingerprint density at radius 1 is 1.00 bits per heavy atom. The Hall–Kier alpha value is -3.51. The van der Waals surface area contributed by atoms with Crippen LogP contribution in [0.4, 0.5) is 5.69 Å². The molecule has 34 heavy (non-hydrogen) atoms. The highest BCUT2D eigenvalue weighted by atomic mass is 16.2. The van der Waals surface area contributed by atoms with Gasteiger partial charge in [-0.3, -0.25) is 9.59 Å². The van der Waals surface area contributed by atoms with Gasteiger partial charge in [0.15, 0.2) is 0 Å². The molecule has 0 bridgehead atoms. The molecule has 3 aromatic rings. The van der Waals surface area contributed by atoms with Crippen molar-refractivity contribution in [2.75, 3.05) is 5.32 Å². The molecule has 174 valence electrons. The summed E-state index contributed by atoms with van der Waals surface area (Å²) in [5.41, 5.74) is 3.75. The molecular formula is C28H29N3O3. The molecule has 2 aliphatic rings. The predicted octanol–water partition coefficient (Wildman–Crippen LogP) is 3.62.